The Morgan fingerprint density at radius 3 is 2.00 bits per heavy atom. The van der Waals surface area contributed by atoms with Gasteiger partial charge in [0.1, 0.15) is 5.92 Å². The minimum Gasteiger partial charge on any atom is -0.277 e. The average Bonchev–Trinajstić information content (AvgIpc) is 2.28. The highest BCUT2D eigenvalue weighted by atomic mass is 16.2. The molecule has 5 heteroatoms. The monoisotopic (exact) mass is 230 g/mol. The topological polar surface area (TPSA) is 75.3 Å². The summed E-state index contributed by atoms with van der Waals surface area (Å²) in [6, 6.07) is 6.05. The second-order valence-electron chi connectivity index (χ2n) is 3.61. The number of barbiturate groups is 1. The van der Waals surface area contributed by atoms with Crippen LogP contribution in [0.1, 0.15) is 17.0 Å². The largest absolute Gasteiger partial charge is 0.328 e. The maximum absolute atomic E-state index is 11.6. The van der Waals surface area contributed by atoms with E-state index in [-0.39, 0.29) is 0 Å². The summed E-state index contributed by atoms with van der Waals surface area (Å²) >= 11 is 0. The van der Waals surface area contributed by atoms with E-state index in [1.54, 1.807) is 30.3 Å². The molecule has 1 aliphatic heterocycles. The Morgan fingerprint density at radius 2 is 1.53 bits per heavy atom. The summed E-state index contributed by atoms with van der Waals surface area (Å²) in [6.45, 7) is 3.61. The van der Waals surface area contributed by atoms with Crippen LogP contribution in [0.15, 0.2) is 30.8 Å². The lowest BCUT2D eigenvalue weighted by Crippen LogP contribution is -2.54. The van der Waals surface area contributed by atoms with Crippen molar-refractivity contribution in [3.05, 3.63) is 42.0 Å². The fourth-order valence-electron chi connectivity index (χ4n) is 1.65. The maximum atomic E-state index is 11.6. The number of carbonyl (C=O) groups excluding carboxylic acids is 3. The van der Waals surface area contributed by atoms with Crippen molar-refractivity contribution in [3.63, 3.8) is 0 Å². The van der Waals surface area contributed by atoms with E-state index in [1.165, 1.54) is 0 Å². The van der Waals surface area contributed by atoms with Gasteiger partial charge in [0.15, 0.2) is 0 Å². The summed E-state index contributed by atoms with van der Waals surface area (Å²) in [5.41, 5.74) is 1.43. The van der Waals surface area contributed by atoms with E-state index < -0.39 is 23.8 Å². The van der Waals surface area contributed by atoms with Crippen LogP contribution in [0, 0.1) is 0 Å². The lowest BCUT2D eigenvalue weighted by Gasteiger charge is -2.20. The second-order valence-corrected chi connectivity index (χ2v) is 3.61. The highest BCUT2D eigenvalue weighted by Gasteiger charge is 2.35. The smallest absolute Gasteiger partial charge is 0.277 e. The molecule has 1 aromatic carbocycles. The van der Waals surface area contributed by atoms with E-state index in [4.69, 9.17) is 0 Å². The first kappa shape index (κ1) is 11.1. The summed E-state index contributed by atoms with van der Waals surface area (Å²) in [4.78, 5) is 34.0. The van der Waals surface area contributed by atoms with Crippen molar-refractivity contribution in [2.24, 2.45) is 0 Å². The third-order valence-electron chi connectivity index (χ3n) is 2.50. The lowest BCUT2D eigenvalue weighted by atomic mass is 9.95. The Labute approximate surface area is 97.5 Å². The molecule has 1 aliphatic rings. The predicted molar refractivity (Wildman–Crippen MR) is 61.0 cm³/mol. The van der Waals surface area contributed by atoms with Crippen LogP contribution in [0.5, 0.6) is 0 Å². The number of amides is 4. The van der Waals surface area contributed by atoms with Crippen molar-refractivity contribution in [1.29, 1.82) is 0 Å². The first-order chi connectivity index (χ1) is 8.11. The molecule has 17 heavy (non-hydrogen) atoms. The van der Waals surface area contributed by atoms with Crippen LogP contribution >= 0.6 is 0 Å². The Hall–Kier alpha value is -2.43. The Kier molecular flexibility index (Phi) is 2.74. The number of hydrogen-bond donors (Lipinski definition) is 2. The van der Waals surface area contributed by atoms with Crippen LogP contribution in [0.25, 0.3) is 6.08 Å². The molecule has 0 saturated carbocycles. The van der Waals surface area contributed by atoms with Crippen molar-refractivity contribution in [2.75, 3.05) is 0 Å². The molecule has 0 spiro atoms. The fraction of sp³-hybridized carbons (Fsp3) is 0.0833. The molecule has 0 aliphatic carbocycles. The molecule has 5 nitrogen and oxygen atoms in total. The molecule has 1 heterocycles. The number of carbonyl (C=O) groups is 3. The van der Waals surface area contributed by atoms with E-state index in [1.807, 2.05) is 0 Å². The van der Waals surface area contributed by atoms with Crippen LogP contribution in [0.3, 0.4) is 0 Å². The van der Waals surface area contributed by atoms with Crippen molar-refractivity contribution in [3.8, 4) is 0 Å². The summed E-state index contributed by atoms with van der Waals surface area (Å²) < 4.78 is 0. The van der Waals surface area contributed by atoms with Crippen LogP contribution in [0.2, 0.25) is 0 Å². The minimum absolute atomic E-state index is 0.540. The summed E-state index contributed by atoms with van der Waals surface area (Å²) in [5, 5.41) is 4.11. The highest BCUT2D eigenvalue weighted by Crippen LogP contribution is 2.19. The van der Waals surface area contributed by atoms with Crippen LogP contribution in [-0.2, 0) is 9.59 Å². The van der Waals surface area contributed by atoms with Crippen molar-refractivity contribution in [1.82, 2.24) is 10.6 Å². The molecule has 86 valence electrons. The molecule has 1 aromatic rings. The normalized spacial score (nSPS) is 16.4. The zero-order valence-corrected chi connectivity index (χ0v) is 8.90. The molecule has 2 N–H and O–H groups in total. The Morgan fingerprint density at radius 1 is 1.00 bits per heavy atom. The van der Waals surface area contributed by atoms with E-state index >= 15 is 0 Å². The highest BCUT2D eigenvalue weighted by molar-refractivity contribution is 6.19. The van der Waals surface area contributed by atoms with Crippen molar-refractivity contribution in [2.45, 2.75) is 5.92 Å². The standard InChI is InChI=1S/C12H10N2O3/c1-2-7-3-5-8(6-4-7)9-10(15)13-12(17)14-11(9)16/h2-6,9H,1H2,(H2,13,14,15,16,17). The van der Waals surface area contributed by atoms with Gasteiger partial charge in [-0.2, -0.15) is 0 Å². The molecular formula is C12H10N2O3. The van der Waals surface area contributed by atoms with Gasteiger partial charge >= 0.3 is 6.03 Å². The molecule has 0 unspecified atom stereocenters. The van der Waals surface area contributed by atoms with Gasteiger partial charge in [0, 0.05) is 0 Å². The van der Waals surface area contributed by atoms with E-state index in [2.05, 4.69) is 17.2 Å². The minimum atomic E-state index is -0.980. The first-order valence-electron chi connectivity index (χ1n) is 5.00. The molecule has 1 fully saturated rings. The first-order valence-corrected chi connectivity index (χ1v) is 5.00. The quantitative estimate of drug-likeness (QED) is 0.737. The molecule has 0 bridgehead atoms. The van der Waals surface area contributed by atoms with Crippen molar-refractivity contribution >= 4 is 23.9 Å². The van der Waals surface area contributed by atoms with Crippen molar-refractivity contribution < 1.29 is 14.4 Å². The van der Waals surface area contributed by atoms with Crippen LogP contribution in [-0.4, -0.2) is 17.8 Å². The van der Waals surface area contributed by atoms with Gasteiger partial charge in [0.05, 0.1) is 0 Å². The number of urea groups is 1. The van der Waals surface area contributed by atoms with Gasteiger partial charge in [-0.05, 0) is 11.1 Å². The van der Waals surface area contributed by atoms with E-state index in [0.29, 0.717) is 5.56 Å². The SMILES string of the molecule is C=Cc1ccc(C2C(=O)NC(=O)NC2=O)cc1. The van der Waals surface area contributed by atoms with Gasteiger partial charge in [-0.25, -0.2) is 4.79 Å². The Balaban J connectivity index is 2.31. The maximum Gasteiger partial charge on any atom is 0.328 e. The Bertz CT molecular complexity index is 485. The molecular weight excluding hydrogens is 220 g/mol. The number of hydrogen-bond acceptors (Lipinski definition) is 3. The van der Waals surface area contributed by atoms with Gasteiger partial charge in [0.2, 0.25) is 11.8 Å². The summed E-state index contributed by atoms with van der Waals surface area (Å²) in [7, 11) is 0. The lowest BCUT2D eigenvalue weighted by molar-refractivity contribution is -0.132. The zero-order valence-electron chi connectivity index (χ0n) is 8.90. The van der Waals surface area contributed by atoms with Gasteiger partial charge < -0.3 is 0 Å². The van der Waals surface area contributed by atoms with E-state index in [0.717, 1.165) is 5.56 Å². The van der Waals surface area contributed by atoms with Crippen LogP contribution in [0.4, 0.5) is 4.79 Å². The molecule has 0 radical (unpaired) electrons. The summed E-state index contributed by atoms with van der Waals surface area (Å²) in [6.07, 6.45) is 1.66. The third kappa shape index (κ3) is 2.08. The fourth-order valence-corrected chi connectivity index (χ4v) is 1.65. The average molecular weight is 230 g/mol. The summed E-state index contributed by atoms with van der Waals surface area (Å²) in [5.74, 6) is -2.19. The number of rotatable bonds is 2. The van der Waals surface area contributed by atoms with E-state index in [9.17, 15) is 14.4 Å². The predicted octanol–water partition coefficient (Wildman–Crippen LogP) is 0.779. The van der Waals surface area contributed by atoms with Gasteiger partial charge in [0.25, 0.3) is 0 Å². The van der Waals surface area contributed by atoms with Gasteiger partial charge in [-0.3, -0.25) is 20.2 Å². The molecule has 2 rings (SSSR count). The second kappa shape index (κ2) is 4.21. The molecule has 4 amide bonds. The number of imide groups is 2. The van der Waals surface area contributed by atoms with Crippen LogP contribution < -0.4 is 10.6 Å². The molecule has 0 atom stereocenters. The molecule has 1 saturated heterocycles. The number of benzene rings is 1. The van der Waals surface area contributed by atoms with Gasteiger partial charge in [-0.15, -0.1) is 0 Å². The zero-order chi connectivity index (χ0) is 12.4. The van der Waals surface area contributed by atoms with Gasteiger partial charge in [-0.1, -0.05) is 36.9 Å². The molecule has 0 aromatic heterocycles. The third-order valence-corrected chi connectivity index (χ3v) is 2.50. The number of nitrogens with one attached hydrogen (secondary N) is 2.